The summed E-state index contributed by atoms with van der Waals surface area (Å²) < 4.78 is 5.78. The van der Waals surface area contributed by atoms with Crippen molar-refractivity contribution in [1.82, 2.24) is 5.32 Å². The third-order valence-corrected chi connectivity index (χ3v) is 5.27. The quantitative estimate of drug-likeness (QED) is 0.834. The number of amides is 1. The van der Waals surface area contributed by atoms with Crippen LogP contribution < -0.4 is 10.1 Å². The predicted molar refractivity (Wildman–Crippen MR) is 90.0 cm³/mol. The van der Waals surface area contributed by atoms with Crippen LogP contribution in [0.1, 0.15) is 55.3 Å². The Morgan fingerprint density at radius 1 is 1.26 bits per heavy atom. The number of nitrogens with one attached hydrogen (secondary N) is 1. The van der Waals surface area contributed by atoms with E-state index in [1.165, 1.54) is 19.3 Å². The van der Waals surface area contributed by atoms with Gasteiger partial charge in [-0.25, -0.2) is 0 Å². The summed E-state index contributed by atoms with van der Waals surface area (Å²) >= 11 is 6.21. The zero-order valence-corrected chi connectivity index (χ0v) is 14.0. The number of hydrogen-bond acceptors (Lipinski definition) is 3. The average Bonchev–Trinajstić information content (AvgIpc) is 3.03. The highest BCUT2D eigenvalue weighted by Gasteiger charge is 2.24. The minimum atomic E-state index is -0.471. The Bertz CT molecular complexity index is 553. The van der Waals surface area contributed by atoms with Crippen LogP contribution >= 0.6 is 11.6 Å². The Balaban J connectivity index is 1.53. The molecule has 1 atom stereocenters. The van der Waals surface area contributed by atoms with Gasteiger partial charge in [0.15, 0.2) is 0 Å². The topological polar surface area (TPSA) is 58.6 Å². The van der Waals surface area contributed by atoms with E-state index in [1.54, 1.807) is 18.2 Å². The molecule has 2 aliphatic rings. The number of aliphatic hydroxyl groups is 1. The van der Waals surface area contributed by atoms with Crippen LogP contribution in [0, 0.1) is 5.92 Å². The van der Waals surface area contributed by atoms with Crippen molar-refractivity contribution in [1.29, 1.82) is 0 Å². The lowest BCUT2D eigenvalue weighted by Gasteiger charge is -2.26. The van der Waals surface area contributed by atoms with Gasteiger partial charge in [-0.2, -0.15) is 0 Å². The minimum Gasteiger partial charge on any atom is -0.490 e. The van der Waals surface area contributed by atoms with Crippen molar-refractivity contribution in [3.8, 4) is 5.75 Å². The molecular formula is C18H24ClNO3. The van der Waals surface area contributed by atoms with E-state index in [1.807, 2.05) is 0 Å². The largest absolute Gasteiger partial charge is 0.490 e. The molecule has 1 aromatic carbocycles. The molecular weight excluding hydrogens is 314 g/mol. The molecule has 3 rings (SSSR count). The van der Waals surface area contributed by atoms with Crippen molar-refractivity contribution in [2.24, 2.45) is 5.92 Å². The van der Waals surface area contributed by atoms with Gasteiger partial charge in [-0.3, -0.25) is 4.79 Å². The number of carbonyl (C=O) groups is 1. The fourth-order valence-corrected chi connectivity index (χ4v) is 3.49. The molecule has 0 aliphatic heterocycles. The maximum absolute atomic E-state index is 12.2. The molecule has 0 aromatic heterocycles. The molecule has 1 unspecified atom stereocenters. The fourth-order valence-electron chi connectivity index (χ4n) is 3.24. The standard InChI is InChI=1S/C18H24ClNO3/c19-16-10-14(23-13-6-3-7-13)8-9-15(16)18(22)20-11-17(21)12-4-1-2-5-12/h8-10,12-13,17,21H,1-7,11H2,(H,20,22). The monoisotopic (exact) mass is 337 g/mol. The van der Waals surface area contributed by atoms with Gasteiger partial charge in [-0.1, -0.05) is 24.4 Å². The van der Waals surface area contributed by atoms with Crippen molar-refractivity contribution in [2.45, 2.75) is 57.2 Å². The molecule has 1 amide bonds. The number of aliphatic hydroxyl groups excluding tert-OH is 1. The lowest BCUT2D eigenvalue weighted by atomic mass is 9.96. The molecule has 5 heteroatoms. The summed E-state index contributed by atoms with van der Waals surface area (Å²) in [5, 5.41) is 13.3. The number of carbonyl (C=O) groups excluding carboxylic acids is 1. The Morgan fingerprint density at radius 2 is 2.00 bits per heavy atom. The zero-order chi connectivity index (χ0) is 16.2. The highest BCUT2D eigenvalue weighted by atomic mass is 35.5. The molecule has 0 radical (unpaired) electrons. The lowest BCUT2D eigenvalue weighted by Crippen LogP contribution is -2.35. The Hall–Kier alpha value is -1.26. The summed E-state index contributed by atoms with van der Waals surface area (Å²) in [5.41, 5.74) is 0.422. The van der Waals surface area contributed by atoms with Gasteiger partial charge in [-0.05, 0) is 56.2 Å². The molecule has 2 aliphatic carbocycles. The maximum atomic E-state index is 12.2. The second-order valence-corrected chi connectivity index (χ2v) is 7.04. The summed E-state index contributed by atoms with van der Waals surface area (Å²) in [6.07, 6.45) is 7.62. The van der Waals surface area contributed by atoms with E-state index < -0.39 is 6.10 Å². The first kappa shape index (κ1) is 16.6. The van der Waals surface area contributed by atoms with Gasteiger partial charge >= 0.3 is 0 Å². The average molecular weight is 338 g/mol. The Morgan fingerprint density at radius 3 is 2.61 bits per heavy atom. The Kier molecular flexibility index (Phi) is 5.44. The van der Waals surface area contributed by atoms with Crippen LogP contribution in [0.4, 0.5) is 0 Å². The van der Waals surface area contributed by atoms with E-state index in [9.17, 15) is 9.90 Å². The second-order valence-electron chi connectivity index (χ2n) is 6.63. The van der Waals surface area contributed by atoms with Gasteiger partial charge in [-0.15, -0.1) is 0 Å². The highest BCUT2D eigenvalue weighted by molar-refractivity contribution is 6.34. The van der Waals surface area contributed by atoms with Gasteiger partial charge in [0.25, 0.3) is 5.91 Å². The smallest absolute Gasteiger partial charge is 0.252 e. The summed E-state index contributed by atoms with van der Waals surface area (Å²) in [6, 6.07) is 5.17. The molecule has 1 aromatic rings. The van der Waals surface area contributed by atoms with Gasteiger partial charge in [0.2, 0.25) is 0 Å². The third kappa shape index (κ3) is 4.18. The van der Waals surface area contributed by atoms with Crippen LogP contribution in [0.15, 0.2) is 18.2 Å². The number of benzene rings is 1. The summed E-state index contributed by atoms with van der Waals surface area (Å²) in [4.78, 5) is 12.2. The van der Waals surface area contributed by atoms with Crippen LogP contribution in [-0.4, -0.2) is 29.8 Å². The summed E-state index contributed by atoms with van der Waals surface area (Å²) in [7, 11) is 0. The number of ether oxygens (including phenoxy) is 1. The first-order chi connectivity index (χ1) is 11.1. The van der Waals surface area contributed by atoms with Gasteiger partial charge in [0, 0.05) is 6.54 Å². The van der Waals surface area contributed by atoms with Gasteiger partial charge in [0.1, 0.15) is 5.75 Å². The van der Waals surface area contributed by atoms with E-state index >= 15 is 0 Å². The highest BCUT2D eigenvalue weighted by Crippen LogP contribution is 2.29. The van der Waals surface area contributed by atoms with Crippen molar-refractivity contribution >= 4 is 17.5 Å². The van der Waals surface area contributed by atoms with Crippen LogP contribution in [0.2, 0.25) is 5.02 Å². The van der Waals surface area contributed by atoms with E-state index in [0.717, 1.165) is 25.7 Å². The normalized spacial score (nSPS) is 20.1. The van der Waals surface area contributed by atoms with Crippen molar-refractivity contribution < 1.29 is 14.6 Å². The molecule has 0 saturated heterocycles. The number of hydrogen-bond donors (Lipinski definition) is 2. The van der Waals surface area contributed by atoms with E-state index in [2.05, 4.69) is 5.32 Å². The maximum Gasteiger partial charge on any atom is 0.252 e. The first-order valence-electron chi connectivity index (χ1n) is 8.56. The van der Waals surface area contributed by atoms with Gasteiger partial charge in [0.05, 0.1) is 22.8 Å². The lowest BCUT2D eigenvalue weighted by molar-refractivity contribution is 0.0840. The molecule has 0 bridgehead atoms. The molecule has 4 nitrogen and oxygen atoms in total. The van der Waals surface area contributed by atoms with Crippen molar-refractivity contribution in [2.75, 3.05) is 6.54 Å². The van der Waals surface area contributed by atoms with Crippen LogP contribution in [0.5, 0.6) is 5.75 Å². The van der Waals surface area contributed by atoms with Crippen molar-refractivity contribution in [3.63, 3.8) is 0 Å². The summed E-state index contributed by atoms with van der Waals surface area (Å²) in [6.45, 7) is 0.278. The van der Waals surface area contributed by atoms with E-state index in [4.69, 9.17) is 16.3 Å². The van der Waals surface area contributed by atoms with Gasteiger partial charge < -0.3 is 15.2 Å². The molecule has 2 fully saturated rings. The first-order valence-corrected chi connectivity index (χ1v) is 8.94. The van der Waals surface area contributed by atoms with E-state index in [0.29, 0.717) is 22.3 Å². The summed E-state index contributed by atoms with van der Waals surface area (Å²) in [5.74, 6) is 0.772. The SMILES string of the molecule is O=C(NCC(O)C1CCCC1)c1ccc(OC2CCC2)cc1Cl. The third-order valence-electron chi connectivity index (χ3n) is 4.96. The minimum absolute atomic E-state index is 0.248. The van der Waals surface area contributed by atoms with Crippen LogP contribution in [0.25, 0.3) is 0 Å². The fraction of sp³-hybridized carbons (Fsp3) is 0.611. The molecule has 0 heterocycles. The molecule has 126 valence electrons. The molecule has 2 N–H and O–H groups in total. The second kappa shape index (κ2) is 7.54. The van der Waals surface area contributed by atoms with Crippen molar-refractivity contribution in [3.05, 3.63) is 28.8 Å². The zero-order valence-electron chi connectivity index (χ0n) is 13.3. The molecule has 23 heavy (non-hydrogen) atoms. The van der Waals surface area contributed by atoms with Crippen LogP contribution in [-0.2, 0) is 0 Å². The molecule has 0 spiro atoms. The van der Waals surface area contributed by atoms with Crippen LogP contribution in [0.3, 0.4) is 0 Å². The van der Waals surface area contributed by atoms with E-state index in [-0.39, 0.29) is 18.6 Å². The predicted octanol–water partition coefficient (Wildman–Crippen LogP) is 3.55. The molecule has 2 saturated carbocycles. The number of rotatable bonds is 6. The number of halogens is 1. The Labute approximate surface area is 142 Å².